The molecule has 5 rings (SSSR count). The molecule has 1 unspecified atom stereocenters. The Balaban J connectivity index is 1.43. The van der Waals surface area contributed by atoms with Crippen LogP contribution in [0.2, 0.25) is 5.02 Å². The molecule has 0 saturated heterocycles. The maximum atomic E-state index is 12.9. The van der Waals surface area contributed by atoms with E-state index < -0.39 is 0 Å². The van der Waals surface area contributed by atoms with E-state index in [0.29, 0.717) is 10.8 Å². The van der Waals surface area contributed by atoms with Crippen LogP contribution in [0.5, 0.6) is 0 Å². The van der Waals surface area contributed by atoms with E-state index in [1.807, 2.05) is 36.4 Å². The van der Waals surface area contributed by atoms with Crippen molar-refractivity contribution < 1.29 is 14.1 Å². The van der Waals surface area contributed by atoms with Crippen molar-refractivity contribution in [3.63, 3.8) is 0 Å². The van der Waals surface area contributed by atoms with Gasteiger partial charge in [0.1, 0.15) is 23.1 Å². The Bertz CT molecular complexity index is 1060. The average molecular weight is 415 g/mol. The Kier molecular flexibility index (Phi) is 4.42. The van der Waals surface area contributed by atoms with Crippen molar-refractivity contribution in [2.75, 3.05) is 18.4 Å². The van der Waals surface area contributed by atoms with E-state index in [0.717, 1.165) is 47.9 Å². The first kappa shape index (κ1) is 17.8. The van der Waals surface area contributed by atoms with Gasteiger partial charge in [0.05, 0.1) is 23.5 Å². The van der Waals surface area contributed by atoms with E-state index in [2.05, 4.69) is 17.6 Å². The Morgan fingerprint density at radius 3 is 3.00 bits per heavy atom. The smallest absolute Gasteiger partial charge is 0.256 e. The van der Waals surface area contributed by atoms with Gasteiger partial charge < -0.3 is 20.0 Å². The van der Waals surface area contributed by atoms with Crippen molar-refractivity contribution in [1.82, 2.24) is 5.32 Å². The predicted octanol–water partition coefficient (Wildman–Crippen LogP) is 3.48. The molecular formula is C21H21ClN3O2S+. The number of quaternary nitrogens is 1. The first-order chi connectivity index (χ1) is 13.6. The minimum atomic E-state index is -0.373. The molecule has 0 saturated carbocycles. The number of furan rings is 1. The summed E-state index contributed by atoms with van der Waals surface area (Å²) < 4.78 is 6.03. The number of nitrogens with one attached hydrogen (secondary N) is 3. The average Bonchev–Trinajstić information content (AvgIpc) is 3.32. The summed E-state index contributed by atoms with van der Waals surface area (Å²) in [5.74, 6) is 1.39. The fraction of sp³-hybridized carbons (Fsp3) is 0.286. The molecule has 5 nitrogen and oxygen atoms in total. The highest BCUT2D eigenvalue weighted by atomic mass is 35.5. The van der Waals surface area contributed by atoms with Gasteiger partial charge in [0.2, 0.25) is 0 Å². The van der Waals surface area contributed by atoms with Gasteiger partial charge in [-0.05, 0) is 36.8 Å². The number of likely N-dealkylation sites (N-methyl/N-ethyl adjacent to an activating group) is 1. The summed E-state index contributed by atoms with van der Waals surface area (Å²) in [7, 11) is 0. The standard InChI is InChI=1S/C21H20ClN3O2S/c1-2-25-9-8-14-17(11-25)28-21-18(14)20(26)23-19(24-21)16-7-6-15(27-16)12-4-3-5-13(22)10-12/h3-7,10,19,24H,2,8-9,11H2,1H3,(H,23,26)/p+1/t19-/m0/s1. The van der Waals surface area contributed by atoms with E-state index in [1.165, 1.54) is 10.4 Å². The van der Waals surface area contributed by atoms with Crippen molar-refractivity contribution in [1.29, 1.82) is 0 Å². The summed E-state index contributed by atoms with van der Waals surface area (Å²) >= 11 is 7.80. The van der Waals surface area contributed by atoms with Crippen molar-refractivity contribution in [2.24, 2.45) is 0 Å². The van der Waals surface area contributed by atoms with Gasteiger partial charge >= 0.3 is 0 Å². The summed E-state index contributed by atoms with van der Waals surface area (Å²) in [6.45, 7) is 5.42. The van der Waals surface area contributed by atoms with Gasteiger partial charge in [-0.25, -0.2) is 0 Å². The van der Waals surface area contributed by atoms with Crippen LogP contribution in [0.1, 0.15) is 39.6 Å². The molecule has 2 aromatic heterocycles. The summed E-state index contributed by atoms with van der Waals surface area (Å²) in [6.07, 6.45) is 0.590. The third kappa shape index (κ3) is 3.02. The highest BCUT2D eigenvalue weighted by Crippen LogP contribution is 2.39. The van der Waals surface area contributed by atoms with Gasteiger partial charge in [-0.2, -0.15) is 0 Å². The van der Waals surface area contributed by atoms with Gasteiger partial charge in [-0.3, -0.25) is 4.79 Å². The highest BCUT2D eigenvalue weighted by molar-refractivity contribution is 7.16. The second kappa shape index (κ2) is 6.95. The lowest BCUT2D eigenvalue weighted by Crippen LogP contribution is -3.11. The third-order valence-corrected chi connectivity index (χ3v) is 6.93. The predicted molar refractivity (Wildman–Crippen MR) is 111 cm³/mol. The number of rotatable bonds is 3. The molecule has 2 aliphatic rings. The van der Waals surface area contributed by atoms with E-state index in [4.69, 9.17) is 16.0 Å². The summed E-state index contributed by atoms with van der Waals surface area (Å²) in [4.78, 5) is 15.8. The monoisotopic (exact) mass is 414 g/mol. The third-order valence-electron chi connectivity index (χ3n) is 5.53. The van der Waals surface area contributed by atoms with E-state index in [1.54, 1.807) is 16.2 Å². The van der Waals surface area contributed by atoms with Crippen LogP contribution in [-0.2, 0) is 13.0 Å². The Morgan fingerprint density at radius 2 is 2.18 bits per heavy atom. The van der Waals surface area contributed by atoms with Crippen LogP contribution in [0.4, 0.5) is 5.00 Å². The fourth-order valence-corrected chi connectivity index (χ4v) is 5.53. The summed E-state index contributed by atoms with van der Waals surface area (Å²) in [5, 5.41) is 8.14. The van der Waals surface area contributed by atoms with Gasteiger partial charge in [0, 0.05) is 17.0 Å². The Morgan fingerprint density at radius 1 is 1.29 bits per heavy atom. The number of anilines is 1. The van der Waals surface area contributed by atoms with Crippen LogP contribution in [0.25, 0.3) is 11.3 Å². The molecule has 7 heteroatoms. The zero-order valence-electron chi connectivity index (χ0n) is 15.5. The minimum Gasteiger partial charge on any atom is -0.457 e. The van der Waals surface area contributed by atoms with Crippen LogP contribution in [0.3, 0.4) is 0 Å². The molecule has 2 aliphatic heterocycles. The molecule has 0 aliphatic carbocycles. The van der Waals surface area contributed by atoms with Crippen molar-refractivity contribution >= 4 is 33.8 Å². The number of benzene rings is 1. The number of thiophene rings is 1. The second-order valence-electron chi connectivity index (χ2n) is 7.25. The van der Waals surface area contributed by atoms with Crippen LogP contribution >= 0.6 is 22.9 Å². The molecule has 0 bridgehead atoms. The van der Waals surface area contributed by atoms with Crippen molar-refractivity contribution in [3.8, 4) is 11.3 Å². The molecule has 3 N–H and O–H groups in total. The van der Waals surface area contributed by atoms with Gasteiger partial charge in [0.25, 0.3) is 5.91 Å². The molecule has 4 heterocycles. The number of carbonyl (C=O) groups is 1. The zero-order valence-corrected chi connectivity index (χ0v) is 17.0. The first-order valence-corrected chi connectivity index (χ1v) is 10.7. The lowest BCUT2D eigenvalue weighted by atomic mass is 10.0. The molecule has 0 fully saturated rings. The van der Waals surface area contributed by atoms with Crippen LogP contribution < -0.4 is 15.5 Å². The van der Waals surface area contributed by atoms with Gasteiger partial charge in [-0.1, -0.05) is 23.7 Å². The number of fused-ring (bicyclic) bond motifs is 3. The fourth-order valence-electron chi connectivity index (χ4n) is 4.00. The molecule has 1 aromatic carbocycles. The quantitative estimate of drug-likeness (QED) is 0.615. The molecule has 28 heavy (non-hydrogen) atoms. The van der Waals surface area contributed by atoms with Crippen LogP contribution in [0.15, 0.2) is 40.8 Å². The normalized spacial score (nSPS) is 20.9. The second-order valence-corrected chi connectivity index (χ2v) is 8.79. The van der Waals surface area contributed by atoms with Crippen molar-refractivity contribution in [2.45, 2.75) is 26.1 Å². The van der Waals surface area contributed by atoms with Crippen molar-refractivity contribution in [3.05, 3.63) is 63.2 Å². The Labute approximate surface area is 172 Å². The highest BCUT2D eigenvalue weighted by Gasteiger charge is 2.35. The molecule has 3 aromatic rings. The largest absolute Gasteiger partial charge is 0.457 e. The lowest BCUT2D eigenvalue weighted by molar-refractivity contribution is -0.913. The van der Waals surface area contributed by atoms with Crippen LogP contribution in [0, 0.1) is 0 Å². The number of hydrogen-bond donors (Lipinski definition) is 3. The van der Waals surface area contributed by atoms with E-state index in [9.17, 15) is 4.79 Å². The Hall–Kier alpha value is -2.28. The molecule has 144 valence electrons. The molecule has 0 radical (unpaired) electrons. The topological polar surface area (TPSA) is 58.7 Å². The number of amides is 1. The molecular weight excluding hydrogens is 394 g/mol. The lowest BCUT2D eigenvalue weighted by Gasteiger charge is -2.25. The molecule has 0 spiro atoms. The number of carbonyl (C=O) groups excluding carboxylic acids is 1. The minimum absolute atomic E-state index is 0.0168. The van der Waals surface area contributed by atoms with Gasteiger partial charge in [-0.15, -0.1) is 11.3 Å². The summed E-state index contributed by atoms with van der Waals surface area (Å²) in [5.41, 5.74) is 2.96. The SMILES string of the molecule is CC[NH+]1CCc2c(sc3c2C(=O)N[C@H](c2ccc(-c4cccc(Cl)c4)o2)N3)C1. The summed E-state index contributed by atoms with van der Waals surface area (Å²) in [6, 6.07) is 11.4. The van der Waals surface area contributed by atoms with E-state index >= 15 is 0 Å². The first-order valence-electron chi connectivity index (χ1n) is 9.53. The van der Waals surface area contributed by atoms with Crippen LogP contribution in [-0.4, -0.2) is 19.0 Å². The number of halogens is 1. The zero-order chi connectivity index (χ0) is 19.3. The number of hydrogen-bond acceptors (Lipinski definition) is 4. The maximum absolute atomic E-state index is 12.9. The maximum Gasteiger partial charge on any atom is 0.256 e. The van der Waals surface area contributed by atoms with Gasteiger partial charge in [0.15, 0.2) is 6.17 Å². The molecule has 2 atom stereocenters. The molecule has 1 amide bonds. The van der Waals surface area contributed by atoms with E-state index in [-0.39, 0.29) is 12.1 Å².